The van der Waals surface area contributed by atoms with Gasteiger partial charge in [-0.3, -0.25) is 4.79 Å². The number of hydrogen-bond donors (Lipinski definition) is 0. The normalized spacial score (nSPS) is 11.5. The molecule has 0 aromatic carbocycles. The van der Waals surface area contributed by atoms with E-state index in [0.717, 1.165) is 12.8 Å². The monoisotopic (exact) mass is 218 g/mol. The van der Waals surface area contributed by atoms with Crippen LogP contribution in [0.4, 0.5) is 0 Å². The van der Waals surface area contributed by atoms with Gasteiger partial charge in [0.05, 0.1) is 13.2 Å². The lowest BCUT2D eigenvalue weighted by atomic mass is 10.4. The molecule has 90 valence electrons. The van der Waals surface area contributed by atoms with E-state index in [0.29, 0.717) is 19.6 Å². The van der Waals surface area contributed by atoms with Crippen molar-refractivity contribution < 1.29 is 19.0 Å². The molecule has 4 nitrogen and oxygen atoms in total. The molecule has 4 heteroatoms. The van der Waals surface area contributed by atoms with Gasteiger partial charge >= 0.3 is 11.9 Å². The predicted octanol–water partition coefficient (Wildman–Crippen LogP) is 2.47. The lowest BCUT2D eigenvalue weighted by Crippen LogP contribution is -2.40. The summed E-state index contributed by atoms with van der Waals surface area (Å²) >= 11 is 0. The summed E-state index contributed by atoms with van der Waals surface area (Å²) in [5.74, 6) is -1.57. The molecule has 0 N–H and O–H groups in total. The van der Waals surface area contributed by atoms with Crippen molar-refractivity contribution in [3.8, 4) is 0 Å². The highest BCUT2D eigenvalue weighted by molar-refractivity contribution is 5.66. The number of rotatable bonds is 8. The van der Waals surface area contributed by atoms with E-state index in [2.05, 4.69) is 0 Å². The van der Waals surface area contributed by atoms with Crippen LogP contribution >= 0.6 is 0 Å². The van der Waals surface area contributed by atoms with Gasteiger partial charge in [0, 0.05) is 13.3 Å². The third-order valence-electron chi connectivity index (χ3n) is 1.78. The van der Waals surface area contributed by atoms with E-state index < -0.39 is 5.97 Å². The summed E-state index contributed by atoms with van der Waals surface area (Å²) < 4.78 is 16.1. The van der Waals surface area contributed by atoms with Gasteiger partial charge in [-0.15, -0.1) is 0 Å². The molecule has 0 spiro atoms. The highest BCUT2D eigenvalue weighted by Gasteiger charge is 2.33. The summed E-state index contributed by atoms with van der Waals surface area (Å²) in [5, 5.41) is 0. The Morgan fingerprint density at radius 2 is 1.53 bits per heavy atom. The van der Waals surface area contributed by atoms with Crippen LogP contribution in [0.15, 0.2) is 0 Å². The van der Waals surface area contributed by atoms with Crippen LogP contribution in [0.1, 0.15) is 47.0 Å². The molecule has 0 aliphatic heterocycles. The van der Waals surface area contributed by atoms with E-state index in [1.807, 2.05) is 20.8 Å². The van der Waals surface area contributed by atoms with Crippen molar-refractivity contribution >= 4 is 5.97 Å². The van der Waals surface area contributed by atoms with E-state index in [1.54, 1.807) is 0 Å². The van der Waals surface area contributed by atoms with Crippen LogP contribution in [0.5, 0.6) is 0 Å². The summed E-state index contributed by atoms with van der Waals surface area (Å²) in [6.45, 7) is 8.25. The first kappa shape index (κ1) is 14.4. The summed E-state index contributed by atoms with van der Waals surface area (Å²) in [6, 6.07) is 0. The van der Waals surface area contributed by atoms with E-state index in [4.69, 9.17) is 14.2 Å². The molecule has 0 aromatic heterocycles. The molecule has 0 atom stereocenters. The van der Waals surface area contributed by atoms with Crippen molar-refractivity contribution in [2.24, 2.45) is 0 Å². The first-order valence-electron chi connectivity index (χ1n) is 5.57. The number of esters is 1. The first-order valence-corrected chi connectivity index (χ1v) is 5.57. The standard InChI is InChI=1S/C11H22O4/c1-5-8-13-11(7-3,14-9-6-2)15-10(4)12/h5-9H2,1-4H3. The Labute approximate surface area is 91.9 Å². The van der Waals surface area contributed by atoms with Crippen LogP contribution in [-0.2, 0) is 19.0 Å². The third kappa shape index (κ3) is 5.74. The summed E-state index contributed by atoms with van der Waals surface area (Å²) in [6.07, 6.45) is 2.21. The Kier molecular flexibility index (Phi) is 7.34. The molecule has 0 aliphatic rings. The largest absolute Gasteiger partial charge is 0.408 e. The van der Waals surface area contributed by atoms with Gasteiger partial charge in [-0.2, -0.15) is 0 Å². The molecule has 0 unspecified atom stereocenters. The van der Waals surface area contributed by atoms with Gasteiger partial charge in [0.15, 0.2) is 0 Å². The number of carbonyl (C=O) groups is 1. The molecule has 0 saturated heterocycles. The Morgan fingerprint density at radius 3 is 1.80 bits per heavy atom. The molecule has 0 radical (unpaired) electrons. The average molecular weight is 218 g/mol. The molecule has 0 saturated carbocycles. The van der Waals surface area contributed by atoms with Crippen molar-refractivity contribution in [1.82, 2.24) is 0 Å². The predicted molar refractivity (Wildman–Crippen MR) is 57.3 cm³/mol. The fourth-order valence-corrected chi connectivity index (χ4v) is 1.11. The number of ether oxygens (including phenoxy) is 3. The molecule has 0 heterocycles. The van der Waals surface area contributed by atoms with Crippen LogP contribution in [0, 0.1) is 0 Å². The van der Waals surface area contributed by atoms with Gasteiger partial charge in [-0.05, 0) is 12.8 Å². The highest BCUT2D eigenvalue weighted by Crippen LogP contribution is 2.20. The van der Waals surface area contributed by atoms with Crippen molar-refractivity contribution in [3.63, 3.8) is 0 Å². The quantitative estimate of drug-likeness (QED) is 0.463. The van der Waals surface area contributed by atoms with Crippen LogP contribution < -0.4 is 0 Å². The fraction of sp³-hybridized carbons (Fsp3) is 0.909. The maximum absolute atomic E-state index is 11.0. The minimum absolute atomic E-state index is 0.385. The van der Waals surface area contributed by atoms with Gasteiger partial charge in [0.1, 0.15) is 0 Å². The Morgan fingerprint density at radius 1 is 1.07 bits per heavy atom. The average Bonchev–Trinajstić information content (AvgIpc) is 2.22. The Hall–Kier alpha value is -0.610. The van der Waals surface area contributed by atoms with Gasteiger partial charge in [-0.25, -0.2) is 0 Å². The summed E-state index contributed by atoms with van der Waals surface area (Å²) in [4.78, 5) is 11.0. The van der Waals surface area contributed by atoms with Crippen molar-refractivity contribution in [2.45, 2.75) is 52.9 Å². The highest BCUT2D eigenvalue weighted by atomic mass is 16.9. The summed E-state index contributed by atoms with van der Waals surface area (Å²) in [7, 11) is 0. The van der Waals surface area contributed by atoms with Crippen LogP contribution in [0.3, 0.4) is 0 Å². The van der Waals surface area contributed by atoms with Crippen molar-refractivity contribution in [1.29, 1.82) is 0 Å². The SMILES string of the molecule is CCCOC(CC)(OCCC)OC(C)=O. The van der Waals surface area contributed by atoms with E-state index in [9.17, 15) is 4.79 Å². The lowest BCUT2D eigenvalue weighted by Gasteiger charge is -2.31. The minimum atomic E-state index is -1.18. The summed E-state index contributed by atoms with van der Waals surface area (Å²) in [5.41, 5.74) is 0. The van der Waals surface area contributed by atoms with Crippen LogP contribution in [-0.4, -0.2) is 25.2 Å². The van der Waals surface area contributed by atoms with Gasteiger partial charge in [0.2, 0.25) is 0 Å². The number of hydrogen-bond acceptors (Lipinski definition) is 4. The zero-order chi connectivity index (χ0) is 11.7. The lowest BCUT2D eigenvalue weighted by molar-refractivity contribution is -0.363. The maximum atomic E-state index is 11.0. The maximum Gasteiger partial charge on any atom is 0.328 e. The second-order valence-electron chi connectivity index (χ2n) is 3.33. The fourth-order valence-electron chi connectivity index (χ4n) is 1.11. The second-order valence-corrected chi connectivity index (χ2v) is 3.33. The molecule has 0 aliphatic carbocycles. The zero-order valence-corrected chi connectivity index (χ0v) is 10.2. The van der Waals surface area contributed by atoms with Gasteiger partial charge in [0.25, 0.3) is 0 Å². The molecular weight excluding hydrogens is 196 g/mol. The molecule has 15 heavy (non-hydrogen) atoms. The topological polar surface area (TPSA) is 44.8 Å². The molecule has 0 fully saturated rings. The van der Waals surface area contributed by atoms with Crippen molar-refractivity contribution in [3.05, 3.63) is 0 Å². The first-order chi connectivity index (χ1) is 7.10. The smallest absolute Gasteiger partial charge is 0.328 e. The van der Waals surface area contributed by atoms with Crippen molar-refractivity contribution in [2.75, 3.05) is 13.2 Å². The third-order valence-corrected chi connectivity index (χ3v) is 1.78. The van der Waals surface area contributed by atoms with Gasteiger partial charge < -0.3 is 14.2 Å². The number of carbonyl (C=O) groups excluding carboxylic acids is 1. The second kappa shape index (κ2) is 7.65. The van der Waals surface area contributed by atoms with Gasteiger partial charge in [-0.1, -0.05) is 20.8 Å². The molecule has 0 bridgehead atoms. The van der Waals surface area contributed by atoms with E-state index >= 15 is 0 Å². The minimum Gasteiger partial charge on any atom is -0.408 e. The van der Waals surface area contributed by atoms with Crippen LogP contribution in [0.2, 0.25) is 0 Å². The van der Waals surface area contributed by atoms with E-state index in [1.165, 1.54) is 6.92 Å². The molecule has 0 aromatic rings. The molecular formula is C11H22O4. The Bertz CT molecular complexity index is 171. The zero-order valence-electron chi connectivity index (χ0n) is 10.2. The Balaban J connectivity index is 4.36. The molecule has 0 amide bonds. The molecule has 0 rings (SSSR count). The van der Waals surface area contributed by atoms with E-state index in [-0.39, 0.29) is 5.97 Å². The van der Waals surface area contributed by atoms with Crippen LogP contribution in [0.25, 0.3) is 0 Å².